The second-order valence-electron chi connectivity index (χ2n) is 3.10. The quantitative estimate of drug-likeness (QED) is 0.554. The molecule has 0 aliphatic rings. The minimum atomic E-state index is -0.461. The Labute approximate surface area is 86.7 Å². The fourth-order valence-corrected chi connectivity index (χ4v) is 0.482. The van der Waals surface area contributed by atoms with Crippen LogP contribution in [0.3, 0.4) is 0 Å². The summed E-state index contributed by atoms with van der Waals surface area (Å²) in [6, 6.07) is 0. The lowest BCUT2D eigenvalue weighted by atomic mass is 10.2. The number of nitrogens with two attached hydrogens (primary N) is 1. The van der Waals surface area contributed by atoms with Crippen LogP contribution in [0.2, 0.25) is 0 Å². The number of hydrogen-bond donors (Lipinski definition) is 1. The van der Waals surface area contributed by atoms with Crippen molar-refractivity contribution in [3.63, 3.8) is 0 Å². The third kappa shape index (κ3) is 11.1. The molecule has 0 aromatic heterocycles. The van der Waals surface area contributed by atoms with Gasteiger partial charge in [-0.05, 0) is 34.0 Å². The van der Waals surface area contributed by atoms with Crippen molar-refractivity contribution >= 4 is 5.97 Å². The van der Waals surface area contributed by atoms with Crippen LogP contribution in [-0.2, 0) is 9.63 Å². The van der Waals surface area contributed by atoms with Crippen LogP contribution < -0.4 is 5.90 Å². The maximum absolute atomic E-state index is 10.5. The zero-order valence-corrected chi connectivity index (χ0v) is 9.83. The van der Waals surface area contributed by atoms with Crippen LogP contribution in [0.15, 0.2) is 11.6 Å². The molecule has 0 bridgehead atoms. The van der Waals surface area contributed by atoms with Gasteiger partial charge in [-0.2, -0.15) is 5.90 Å². The number of rotatable bonds is 3. The van der Waals surface area contributed by atoms with Gasteiger partial charge in [0.05, 0.1) is 0 Å². The van der Waals surface area contributed by atoms with Crippen LogP contribution in [0.25, 0.3) is 0 Å². The van der Waals surface area contributed by atoms with Gasteiger partial charge in [-0.25, -0.2) is 4.79 Å². The highest BCUT2D eigenvalue weighted by Crippen LogP contribution is 1.95. The summed E-state index contributed by atoms with van der Waals surface area (Å²) < 4.78 is 0. The van der Waals surface area contributed by atoms with Crippen LogP contribution in [0.1, 0.15) is 27.2 Å². The zero-order valence-electron chi connectivity index (χ0n) is 9.83. The van der Waals surface area contributed by atoms with Gasteiger partial charge in [-0.3, -0.25) is 0 Å². The Morgan fingerprint density at radius 2 is 1.86 bits per heavy atom. The van der Waals surface area contributed by atoms with Crippen LogP contribution in [0.4, 0.5) is 0 Å². The highest BCUT2D eigenvalue weighted by Gasteiger charge is 2.00. The molecule has 0 aliphatic carbocycles. The number of hydrogen-bond acceptors (Lipinski definition) is 4. The largest absolute Gasteiger partial charge is 0.370 e. The van der Waals surface area contributed by atoms with E-state index in [4.69, 9.17) is 0 Å². The molecule has 0 aliphatic heterocycles. The Hall–Kier alpha value is -0.870. The Morgan fingerprint density at radius 1 is 1.43 bits per heavy atom. The molecule has 0 heterocycles. The summed E-state index contributed by atoms with van der Waals surface area (Å²) in [7, 11) is 4.11. The highest BCUT2D eigenvalue weighted by molar-refractivity contribution is 5.87. The van der Waals surface area contributed by atoms with E-state index in [0.29, 0.717) is 5.57 Å². The summed E-state index contributed by atoms with van der Waals surface area (Å²) in [4.78, 5) is 16.6. The van der Waals surface area contributed by atoms with Crippen LogP contribution in [-0.4, -0.2) is 31.5 Å². The van der Waals surface area contributed by atoms with Crippen molar-refractivity contribution in [3.05, 3.63) is 11.6 Å². The number of nitrogens with zero attached hydrogens (tertiary/aromatic N) is 1. The van der Waals surface area contributed by atoms with Gasteiger partial charge in [-0.1, -0.05) is 19.9 Å². The summed E-state index contributed by atoms with van der Waals surface area (Å²) in [5, 5.41) is 0. The first-order chi connectivity index (χ1) is 6.49. The van der Waals surface area contributed by atoms with Gasteiger partial charge in [0.25, 0.3) is 0 Å². The zero-order chi connectivity index (χ0) is 11.6. The molecule has 0 atom stereocenters. The Morgan fingerprint density at radius 3 is 2.07 bits per heavy atom. The molecule has 84 valence electrons. The van der Waals surface area contributed by atoms with Crippen molar-refractivity contribution in [1.82, 2.24) is 4.90 Å². The minimum absolute atomic E-state index is 0.461. The first-order valence-corrected chi connectivity index (χ1v) is 4.72. The average molecular weight is 202 g/mol. The fourth-order valence-electron chi connectivity index (χ4n) is 0.482. The number of carbonyl (C=O) groups is 1. The minimum Gasteiger partial charge on any atom is -0.370 e. The fraction of sp³-hybridized carbons (Fsp3) is 0.700. The lowest BCUT2D eigenvalue weighted by molar-refractivity contribution is -0.139. The second-order valence-corrected chi connectivity index (χ2v) is 3.10. The van der Waals surface area contributed by atoms with E-state index in [-0.39, 0.29) is 0 Å². The van der Waals surface area contributed by atoms with Crippen molar-refractivity contribution in [2.75, 3.05) is 20.6 Å². The van der Waals surface area contributed by atoms with Crippen molar-refractivity contribution in [2.45, 2.75) is 27.2 Å². The van der Waals surface area contributed by atoms with Gasteiger partial charge >= 0.3 is 5.97 Å². The third-order valence-electron chi connectivity index (χ3n) is 1.57. The highest BCUT2D eigenvalue weighted by atomic mass is 16.7. The van der Waals surface area contributed by atoms with E-state index < -0.39 is 5.97 Å². The summed E-state index contributed by atoms with van der Waals surface area (Å²) in [5.74, 6) is 4.15. The molecule has 0 amide bonds. The van der Waals surface area contributed by atoms with Gasteiger partial charge < -0.3 is 9.74 Å². The second kappa shape index (κ2) is 10.2. The predicted octanol–water partition coefficient (Wildman–Crippen LogP) is 1.33. The smallest absolute Gasteiger partial charge is 0.351 e. The molecule has 0 unspecified atom stereocenters. The van der Waals surface area contributed by atoms with Gasteiger partial charge in [0.2, 0.25) is 0 Å². The lowest BCUT2D eigenvalue weighted by Crippen LogP contribution is -2.10. The van der Waals surface area contributed by atoms with Gasteiger partial charge in [0, 0.05) is 5.57 Å². The molecule has 0 radical (unpaired) electrons. The SMILES string of the molecule is CCC=C(C)C(=O)ON.CCN(C)C. The first kappa shape index (κ1) is 15.6. The van der Waals surface area contributed by atoms with E-state index in [9.17, 15) is 4.79 Å². The normalized spacial score (nSPS) is 10.6. The topological polar surface area (TPSA) is 55.6 Å². The van der Waals surface area contributed by atoms with Gasteiger partial charge in [0.1, 0.15) is 0 Å². The summed E-state index contributed by atoms with van der Waals surface area (Å²) >= 11 is 0. The first-order valence-electron chi connectivity index (χ1n) is 4.72. The molecule has 0 aromatic rings. The molecule has 0 saturated heterocycles. The Bertz CT molecular complexity index is 177. The van der Waals surface area contributed by atoms with E-state index in [0.717, 1.165) is 13.0 Å². The number of allylic oxidation sites excluding steroid dienone is 1. The summed E-state index contributed by atoms with van der Waals surface area (Å²) in [6.07, 6.45) is 2.58. The molecule has 14 heavy (non-hydrogen) atoms. The van der Waals surface area contributed by atoms with E-state index in [1.165, 1.54) is 0 Å². The molecule has 0 fully saturated rings. The Kier molecular flexibility index (Phi) is 11.4. The van der Waals surface area contributed by atoms with Crippen molar-refractivity contribution in [2.24, 2.45) is 5.90 Å². The van der Waals surface area contributed by atoms with Crippen molar-refractivity contribution in [1.29, 1.82) is 0 Å². The van der Waals surface area contributed by atoms with E-state index in [1.54, 1.807) is 13.0 Å². The van der Waals surface area contributed by atoms with E-state index in [1.807, 2.05) is 6.92 Å². The molecule has 2 N–H and O–H groups in total. The van der Waals surface area contributed by atoms with Crippen LogP contribution >= 0.6 is 0 Å². The predicted molar refractivity (Wildman–Crippen MR) is 58.6 cm³/mol. The summed E-state index contributed by atoms with van der Waals surface area (Å²) in [5.41, 5.74) is 0.556. The van der Waals surface area contributed by atoms with E-state index in [2.05, 4.69) is 36.7 Å². The maximum Gasteiger partial charge on any atom is 0.351 e. The molecule has 4 nitrogen and oxygen atoms in total. The molecule has 0 aromatic carbocycles. The molecule has 4 heteroatoms. The van der Waals surface area contributed by atoms with Crippen LogP contribution in [0.5, 0.6) is 0 Å². The van der Waals surface area contributed by atoms with Gasteiger partial charge in [0.15, 0.2) is 0 Å². The third-order valence-corrected chi connectivity index (χ3v) is 1.57. The van der Waals surface area contributed by atoms with E-state index >= 15 is 0 Å². The summed E-state index contributed by atoms with van der Waals surface area (Å²) in [6.45, 7) is 6.87. The molecular weight excluding hydrogens is 180 g/mol. The van der Waals surface area contributed by atoms with Crippen molar-refractivity contribution < 1.29 is 9.63 Å². The molecule has 0 rings (SSSR count). The Balaban J connectivity index is 0. The van der Waals surface area contributed by atoms with Gasteiger partial charge in [-0.15, -0.1) is 0 Å². The average Bonchev–Trinajstić information content (AvgIpc) is 2.17. The standard InChI is InChI=1S/C6H11NO2.C4H11N/c1-3-4-5(2)6(8)9-7;1-4-5(2)3/h4H,3,7H2,1-2H3;4H2,1-3H3. The molecule has 0 spiro atoms. The van der Waals surface area contributed by atoms with Crippen LogP contribution in [0, 0.1) is 0 Å². The number of carbonyl (C=O) groups excluding carboxylic acids is 1. The molecule has 0 saturated carbocycles. The molecular formula is C10H22N2O2. The van der Waals surface area contributed by atoms with Crippen molar-refractivity contribution in [3.8, 4) is 0 Å². The monoisotopic (exact) mass is 202 g/mol. The lowest BCUT2D eigenvalue weighted by Gasteiger charge is -2.00. The maximum atomic E-state index is 10.5.